The third-order valence-corrected chi connectivity index (χ3v) is 5.23. The van der Waals surface area contributed by atoms with E-state index in [9.17, 15) is 9.59 Å². The molecular weight excluding hydrogens is 400 g/mol. The Hall–Kier alpha value is -3.37. The van der Waals surface area contributed by atoms with Gasteiger partial charge in [0.2, 0.25) is 0 Å². The molecule has 0 unspecified atom stereocenters. The number of hydrogen-bond donors (Lipinski definition) is 0. The number of carbonyl (C=O) groups excluding carboxylic acids is 1. The minimum Gasteiger partial charge on any atom is -0.484 e. The molecule has 4 nitrogen and oxygen atoms in total. The van der Waals surface area contributed by atoms with Crippen molar-refractivity contribution in [2.24, 2.45) is 0 Å². The van der Waals surface area contributed by atoms with Crippen molar-refractivity contribution >= 4 is 28.4 Å². The Bertz CT molecular complexity index is 1260. The normalized spacial score (nSPS) is 10.9. The predicted molar refractivity (Wildman–Crippen MR) is 119 cm³/mol. The molecule has 0 spiro atoms. The van der Waals surface area contributed by atoms with Gasteiger partial charge in [-0.2, -0.15) is 0 Å². The van der Waals surface area contributed by atoms with Gasteiger partial charge in [-0.3, -0.25) is 4.79 Å². The summed E-state index contributed by atoms with van der Waals surface area (Å²) < 4.78 is 10.9. The van der Waals surface area contributed by atoms with Crippen molar-refractivity contribution in [2.45, 2.75) is 13.3 Å². The number of ketones is 1. The summed E-state index contributed by atoms with van der Waals surface area (Å²) in [7, 11) is 0. The van der Waals surface area contributed by atoms with Crippen LogP contribution < -0.4 is 10.4 Å². The van der Waals surface area contributed by atoms with Crippen molar-refractivity contribution in [1.29, 1.82) is 0 Å². The molecule has 0 amide bonds. The molecule has 3 aromatic carbocycles. The molecule has 0 radical (unpaired) electrons. The van der Waals surface area contributed by atoms with Gasteiger partial charge in [0.25, 0.3) is 0 Å². The molecule has 0 aliphatic rings. The number of rotatable bonds is 6. The molecule has 0 aliphatic heterocycles. The maximum Gasteiger partial charge on any atom is 0.336 e. The largest absolute Gasteiger partial charge is 0.484 e. The second-order valence-corrected chi connectivity index (χ2v) is 7.29. The van der Waals surface area contributed by atoms with Crippen LogP contribution in [0.25, 0.3) is 22.1 Å². The molecule has 0 aliphatic carbocycles. The molecule has 0 bridgehead atoms. The summed E-state index contributed by atoms with van der Waals surface area (Å²) in [5, 5.41) is 1.12. The Balaban J connectivity index is 1.51. The number of halogens is 1. The van der Waals surface area contributed by atoms with E-state index in [2.05, 4.69) is 0 Å². The van der Waals surface area contributed by atoms with Crippen LogP contribution in [0, 0.1) is 0 Å². The molecule has 5 heteroatoms. The second kappa shape index (κ2) is 8.56. The Morgan fingerprint density at radius 1 is 0.967 bits per heavy atom. The van der Waals surface area contributed by atoms with E-state index in [1.54, 1.807) is 24.3 Å². The molecule has 0 saturated heterocycles. The van der Waals surface area contributed by atoms with Gasteiger partial charge in [0.1, 0.15) is 11.3 Å². The number of ether oxygens (including phenoxy) is 1. The molecule has 4 rings (SSSR count). The smallest absolute Gasteiger partial charge is 0.336 e. The van der Waals surface area contributed by atoms with Crippen LogP contribution in [0.2, 0.25) is 5.02 Å². The Labute approximate surface area is 178 Å². The first kappa shape index (κ1) is 19.9. The minimum atomic E-state index is -0.429. The number of aryl methyl sites for hydroxylation is 1. The lowest BCUT2D eigenvalue weighted by molar-refractivity contribution is 0.0921. The van der Waals surface area contributed by atoms with Crippen LogP contribution in [-0.2, 0) is 6.42 Å². The van der Waals surface area contributed by atoms with E-state index in [1.807, 2.05) is 49.4 Å². The third kappa shape index (κ3) is 4.14. The van der Waals surface area contributed by atoms with Crippen molar-refractivity contribution in [1.82, 2.24) is 0 Å². The number of benzene rings is 3. The van der Waals surface area contributed by atoms with E-state index in [0.717, 1.165) is 22.1 Å². The molecule has 0 N–H and O–H groups in total. The molecule has 150 valence electrons. The van der Waals surface area contributed by atoms with Crippen LogP contribution in [0.4, 0.5) is 0 Å². The average molecular weight is 419 g/mol. The van der Waals surface area contributed by atoms with Crippen molar-refractivity contribution in [3.63, 3.8) is 0 Å². The SMILES string of the molecule is CCc1cc(=O)oc2cc(OCC(=O)c3ccc(-c4ccccc4)cc3)c(Cl)cc12. The van der Waals surface area contributed by atoms with Gasteiger partial charge in [-0.1, -0.05) is 73.1 Å². The number of carbonyl (C=O) groups is 1. The van der Waals surface area contributed by atoms with E-state index >= 15 is 0 Å². The minimum absolute atomic E-state index is 0.172. The quantitative estimate of drug-likeness (QED) is 0.287. The number of Topliss-reactive ketones (excluding diaryl/α,β-unsaturated/α-hetero) is 1. The Morgan fingerprint density at radius 2 is 1.67 bits per heavy atom. The first-order valence-electron chi connectivity index (χ1n) is 9.63. The molecule has 0 atom stereocenters. The van der Waals surface area contributed by atoms with Gasteiger partial charge < -0.3 is 9.15 Å². The molecule has 0 saturated carbocycles. The average Bonchev–Trinajstić information content (AvgIpc) is 2.78. The van der Waals surface area contributed by atoms with Gasteiger partial charge in [0, 0.05) is 23.1 Å². The Kier molecular flexibility index (Phi) is 5.68. The zero-order valence-corrected chi connectivity index (χ0v) is 17.1. The summed E-state index contributed by atoms with van der Waals surface area (Å²) >= 11 is 6.33. The molecule has 30 heavy (non-hydrogen) atoms. The van der Waals surface area contributed by atoms with Gasteiger partial charge in [-0.15, -0.1) is 0 Å². The first-order valence-corrected chi connectivity index (χ1v) is 10.0. The highest BCUT2D eigenvalue weighted by atomic mass is 35.5. The third-order valence-electron chi connectivity index (χ3n) is 4.94. The number of fused-ring (bicyclic) bond motifs is 1. The second-order valence-electron chi connectivity index (χ2n) is 6.88. The summed E-state index contributed by atoms with van der Waals surface area (Å²) in [6.45, 7) is 1.78. The van der Waals surface area contributed by atoms with Gasteiger partial charge in [0.15, 0.2) is 12.4 Å². The van der Waals surface area contributed by atoms with E-state index in [1.165, 1.54) is 6.07 Å². The molecule has 1 aromatic heterocycles. The molecule has 4 aromatic rings. The number of hydrogen-bond acceptors (Lipinski definition) is 4. The summed E-state index contributed by atoms with van der Waals surface area (Å²) in [4.78, 5) is 24.3. The van der Waals surface area contributed by atoms with Gasteiger partial charge in [0.05, 0.1) is 5.02 Å². The standard InChI is InChI=1S/C25H19ClO4/c1-2-16-12-25(28)30-23-14-24(21(26)13-20(16)23)29-15-22(27)19-10-8-18(9-11-19)17-6-4-3-5-7-17/h3-14H,2,15H2,1H3. The molecular formula is C25H19ClO4. The van der Waals surface area contributed by atoms with Gasteiger partial charge in [-0.05, 0) is 29.2 Å². The highest BCUT2D eigenvalue weighted by Gasteiger charge is 2.13. The molecule has 1 heterocycles. The summed E-state index contributed by atoms with van der Waals surface area (Å²) in [6.07, 6.45) is 0.677. The summed E-state index contributed by atoms with van der Waals surface area (Å²) in [5.41, 5.74) is 3.48. The van der Waals surface area contributed by atoms with E-state index in [4.69, 9.17) is 20.8 Å². The summed E-state index contributed by atoms with van der Waals surface area (Å²) in [6, 6.07) is 22.0. The highest BCUT2D eigenvalue weighted by molar-refractivity contribution is 6.32. The van der Waals surface area contributed by atoms with Gasteiger partial charge in [-0.25, -0.2) is 4.79 Å². The van der Waals surface area contributed by atoms with E-state index in [0.29, 0.717) is 28.3 Å². The van der Waals surface area contributed by atoms with Crippen molar-refractivity contribution in [2.75, 3.05) is 6.61 Å². The van der Waals surface area contributed by atoms with Crippen LogP contribution >= 0.6 is 11.6 Å². The van der Waals surface area contributed by atoms with Crippen LogP contribution in [0.3, 0.4) is 0 Å². The van der Waals surface area contributed by atoms with E-state index < -0.39 is 5.63 Å². The lowest BCUT2D eigenvalue weighted by Gasteiger charge is -2.10. The zero-order valence-electron chi connectivity index (χ0n) is 16.4. The Morgan fingerprint density at radius 3 is 2.37 bits per heavy atom. The topological polar surface area (TPSA) is 56.5 Å². The van der Waals surface area contributed by atoms with Crippen LogP contribution in [-0.4, -0.2) is 12.4 Å². The van der Waals surface area contributed by atoms with E-state index in [-0.39, 0.29) is 12.4 Å². The molecule has 0 fully saturated rings. The maximum atomic E-state index is 12.6. The van der Waals surface area contributed by atoms with Crippen molar-refractivity contribution in [3.8, 4) is 16.9 Å². The van der Waals surface area contributed by atoms with Crippen molar-refractivity contribution < 1.29 is 13.9 Å². The van der Waals surface area contributed by atoms with Gasteiger partial charge >= 0.3 is 5.63 Å². The zero-order chi connectivity index (χ0) is 21.1. The predicted octanol–water partition coefficient (Wildman–Crippen LogP) is 5.94. The first-order chi connectivity index (χ1) is 14.5. The van der Waals surface area contributed by atoms with Crippen LogP contribution in [0.15, 0.2) is 82.0 Å². The summed E-state index contributed by atoms with van der Waals surface area (Å²) in [5.74, 6) is 0.129. The monoisotopic (exact) mass is 418 g/mol. The fourth-order valence-corrected chi connectivity index (χ4v) is 3.56. The fraction of sp³-hybridized carbons (Fsp3) is 0.120. The van der Waals surface area contributed by atoms with Crippen molar-refractivity contribution in [3.05, 3.63) is 99.4 Å². The van der Waals surface area contributed by atoms with Crippen LogP contribution in [0.5, 0.6) is 5.75 Å². The highest BCUT2D eigenvalue weighted by Crippen LogP contribution is 2.31. The lowest BCUT2D eigenvalue weighted by Crippen LogP contribution is -2.12. The maximum absolute atomic E-state index is 12.6. The van der Waals surface area contributed by atoms with Crippen LogP contribution in [0.1, 0.15) is 22.8 Å². The fourth-order valence-electron chi connectivity index (χ4n) is 3.34. The lowest BCUT2D eigenvalue weighted by atomic mass is 10.0.